The van der Waals surface area contributed by atoms with Crippen molar-refractivity contribution < 1.29 is 13.2 Å². The normalized spacial score (nSPS) is 13.6. The highest BCUT2D eigenvalue weighted by molar-refractivity contribution is 5.16. The van der Waals surface area contributed by atoms with Gasteiger partial charge < -0.3 is 9.88 Å². The van der Waals surface area contributed by atoms with Gasteiger partial charge in [-0.25, -0.2) is 0 Å². The molecule has 2 rings (SSSR count). The van der Waals surface area contributed by atoms with E-state index < -0.39 is 11.9 Å². The van der Waals surface area contributed by atoms with Gasteiger partial charge >= 0.3 is 6.18 Å². The van der Waals surface area contributed by atoms with E-state index in [2.05, 4.69) is 20.5 Å². The molecule has 8 heteroatoms. The summed E-state index contributed by atoms with van der Waals surface area (Å²) >= 11 is 0. The van der Waals surface area contributed by atoms with Gasteiger partial charge in [-0.2, -0.15) is 13.2 Å². The monoisotopic (exact) mass is 313 g/mol. The van der Waals surface area contributed by atoms with Crippen LogP contribution in [-0.2, 0) is 12.7 Å². The average Bonchev–Trinajstić information content (AvgIpc) is 2.94. The lowest BCUT2D eigenvalue weighted by atomic mass is 10.2. The number of aromatic nitrogens is 4. The Morgan fingerprint density at radius 2 is 1.95 bits per heavy atom. The summed E-state index contributed by atoms with van der Waals surface area (Å²) in [5.74, 6) is 0.787. The fraction of sp³-hybridized carbons (Fsp3) is 0.500. The van der Waals surface area contributed by atoms with E-state index in [4.69, 9.17) is 0 Å². The average molecular weight is 313 g/mol. The van der Waals surface area contributed by atoms with E-state index in [1.165, 1.54) is 12.3 Å². The third-order valence-electron chi connectivity index (χ3n) is 3.27. The summed E-state index contributed by atoms with van der Waals surface area (Å²) in [5, 5.41) is 11.2. The van der Waals surface area contributed by atoms with Gasteiger partial charge in [0.05, 0.1) is 6.04 Å². The van der Waals surface area contributed by atoms with Crippen LogP contribution in [0.5, 0.6) is 0 Å². The van der Waals surface area contributed by atoms with E-state index in [-0.39, 0.29) is 12.1 Å². The topological polar surface area (TPSA) is 55.6 Å². The summed E-state index contributed by atoms with van der Waals surface area (Å²) in [7, 11) is 0. The maximum absolute atomic E-state index is 12.4. The lowest BCUT2D eigenvalue weighted by molar-refractivity contribution is -0.141. The molecule has 0 spiro atoms. The molecule has 0 radical (unpaired) electrons. The predicted molar refractivity (Wildman–Crippen MR) is 74.9 cm³/mol. The van der Waals surface area contributed by atoms with E-state index in [1.54, 1.807) is 6.33 Å². The molecule has 0 aliphatic rings. The van der Waals surface area contributed by atoms with Crippen LogP contribution in [0.1, 0.15) is 49.9 Å². The molecule has 2 aromatic rings. The van der Waals surface area contributed by atoms with Crippen molar-refractivity contribution in [3.63, 3.8) is 0 Å². The zero-order valence-corrected chi connectivity index (χ0v) is 12.6. The Balaban J connectivity index is 1.99. The van der Waals surface area contributed by atoms with Crippen LogP contribution in [0.3, 0.4) is 0 Å². The molecular formula is C14H18F3N5. The quantitative estimate of drug-likeness (QED) is 0.921. The van der Waals surface area contributed by atoms with Gasteiger partial charge in [-0.1, -0.05) is 6.07 Å². The van der Waals surface area contributed by atoms with Crippen LogP contribution in [0.15, 0.2) is 24.7 Å². The molecule has 120 valence electrons. The van der Waals surface area contributed by atoms with E-state index >= 15 is 0 Å². The molecule has 0 amide bonds. The van der Waals surface area contributed by atoms with Gasteiger partial charge in [0.1, 0.15) is 17.8 Å². The third-order valence-corrected chi connectivity index (χ3v) is 3.27. The Hall–Kier alpha value is -1.96. The summed E-state index contributed by atoms with van der Waals surface area (Å²) in [6, 6.07) is 2.57. The molecule has 0 aliphatic carbocycles. The molecule has 22 heavy (non-hydrogen) atoms. The second kappa shape index (κ2) is 6.43. The first-order chi connectivity index (χ1) is 10.3. The van der Waals surface area contributed by atoms with E-state index in [9.17, 15) is 13.2 Å². The van der Waals surface area contributed by atoms with Crippen molar-refractivity contribution in [3.05, 3.63) is 41.7 Å². The Kier molecular flexibility index (Phi) is 4.80. The molecule has 0 aliphatic heterocycles. The van der Waals surface area contributed by atoms with E-state index in [0.29, 0.717) is 12.1 Å². The van der Waals surface area contributed by atoms with Gasteiger partial charge in [0.2, 0.25) is 0 Å². The molecule has 0 saturated heterocycles. The highest BCUT2D eigenvalue weighted by atomic mass is 19.4. The number of halogens is 3. The van der Waals surface area contributed by atoms with Gasteiger partial charge in [0, 0.05) is 18.8 Å². The molecule has 1 atom stereocenters. The number of nitrogens with zero attached hydrogens (tertiary/aromatic N) is 4. The Morgan fingerprint density at radius 3 is 2.50 bits per heavy atom. The maximum Gasteiger partial charge on any atom is 0.433 e. The molecule has 0 saturated carbocycles. The standard InChI is InChI=1S/C14H18F3N5/c1-9(2)22-8-20-21-13(22)10(3)18-6-11-4-5-12(19-7-11)14(15,16)17/h4-5,7-10,18H,6H2,1-3H3. The van der Waals surface area contributed by atoms with Crippen molar-refractivity contribution in [2.45, 2.75) is 45.6 Å². The van der Waals surface area contributed by atoms with Gasteiger partial charge in [0.25, 0.3) is 0 Å². The number of pyridine rings is 1. The van der Waals surface area contributed by atoms with Crippen LogP contribution in [-0.4, -0.2) is 19.7 Å². The fourth-order valence-corrected chi connectivity index (χ4v) is 2.02. The minimum Gasteiger partial charge on any atom is -0.314 e. The lowest BCUT2D eigenvalue weighted by Gasteiger charge is -2.17. The number of nitrogens with one attached hydrogen (secondary N) is 1. The first-order valence-electron chi connectivity index (χ1n) is 6.94. The summed E-state index contributed by atoms with van der Waals surface area (Å²) in [5.41, 5.74) is -0.209. The SMILES string of the molecule is CC(NCc1ccc(C(F)(F)F)nc1)c1nncn1C(C)C. The van der Waals surface area contributed by atoms with Gasteiger partial charge in [-0.3, -0.25) is 4.98 Å². The number of hydrogen-bond donors (Lipinski definition) is 1. The van der Waals surface area contributed by atoms with Crippen molar-refractivity contribution in [2.75, 3.05) is 0 Å². The molecule has 0 aromatic carbocycles. The highest BCUT2D eigenvalue weighted by Crippen LogP contribution is 2.27. The minimum absolute atomic E-state index is 0.0767. The second-order valence-electron chi connectivity index (χ2n) is 5.34. The minimum atomic E-state index is -4.41. The summed E-state index contributed by atoms with van der Waals surface area (Å²) < 4.78 is 39.3. The number of alkyl halides is 3. The van der Waals surface area contributed by atoms with Crippen LogP contribution in [0.25, 0.3) is 0 Å². The Morgan fingerprint density at radius 1 is 1.23 bits per heavy atom. The number of rotatable bonds is 5. The zero-order chi connectivity index (χ0) is 16.3. The largest absolute Gasteiger partial charge is 0.433 e. The highest BCUT2D eigenvalue weighted by Gasteiger charge is 2.31. The zero-order valence-electron chi connectivity index (χ0n) is 12.6. The number of hydrogen-bond acceptors (Lipinski definition) is 4. The van der Waals surface area contributed by atoms with Crippen molar-refractivity contribution in [1.82, 2.24) is 25.1 Å². The lowest BCUT2D eigenvalue weighted by Crippen LogP contribution is -2.22. The van der Waals surface area contributed by atoms with E-state index in [1.807, 2.05) is 25.3 Å². The molecule has 0 bridgehead atoms. The molecule has 5 nitrogen and oxygen atoms in total. The van der Waals surface area contributed by atoms with Crippen LogP contribution < -0.4 is 5.32 Å². The van der Waals surface area contributed by atoms with Crippen LogP contribution in [0, 0.1) is 0 Å². The fourth-order valence-electron chi connectivity index (χ4n) is 2.02. The van der Waals surface area contributed by atoms with Gasteiger partial charge in [-0.15, -0.1) is 10.2 Å². The molecule has 0 fully saturated rings. The van der Waals surface area contributed by atoms with Gasteiger partial charge in [-0.05, 0) is 32.4 Å². The maximum atomic E-state index is 12.4. The molecule has 2 heterocycles. The van der Waals surface area contributed by atoms with Crippen LogP contribution in [0.4, 0.5) is 13.2 Å². The van der Waals surface area contributed by atoms with Crippen molar-refractivity contribution in [2.24, 2.45) is 0 Å². The van der Waals surface area contributed by atoms with Crippen LogP contribution >= 0.6 is 0 Å². The molecular weight excluding hydrogens is 295 g/mol. The van der Waals surface area contributed by atoms with Crippen LogP contribution in [0.2, 0.25) is 0 Å². The second-order valence-corrected chi connectivity index (χ2v) is 5.34. The summed E-state index contributed by atoms with van der Waals surface area (Å²) in [4.78, 5) is 3.44. The van der Waals surface area contributed by atoms with Crippen molar-refractivity contribution in [1.29, 1.82) is 0 Å². The van der Waals surface area contributed by atoms with E-state index in [0.717, 1.165) is 11.9 Å². The third kappa shape index (κ3) is 3.82. The van der Waals surface area contributed by atoms with Gasteiger partial charge in [0.15, 0.2) is 0 Å². The molecule has 1 N–H and O–H groups in total. The molecule has 1 unspecified atom stereocenters. The Bertz CT molecular complexity index is 604. The Labute approximate surface area is 126 Å². The predicted octanol–water partition coefficient (Wildman–Crippen LogP) is 3.12. The van der Waals surface area contributed by atoms with Crippen molar-refractivity contribution in [3.8, 4) is 0 Å². The molecule has 2 aromatic heterocycles. The first kappa shape index (κ1) is 16.4. The smallest absolute Gasteiger partial charge is 0.314 e. The van der Waals surface area contributed by atoms with Crippen molar-refractivity contribution >= 4 is 0 Å². The summed E-state index contributed by atoms with van der Waals surface area (Å²) in [6.07, 6.45) is -1.51. The summed E-state index contributed by atoms with van der Waals surface area (Å²) in [6.45, 7) is 6.39. The first-order valence-corrected chi connectivity index (χ1v) is 6.94.